The minimum absolute atomic E-state index is 0.257. The number of methoxy groups -OCH3 is 1. The van der Waals surface area contributed by atoms with E-state index >= 15 is 0 Å². The van der Waals surface area contributed by atoms with Crippen molar-refractivity contribution in [1.82, 2.24) is 0 Å². The number of nitrogens with one attached hydrogen (secondary N) is 1. The van der Waals surface area contributed by atoms with Crippen LogP contribution in [0.1, 0.15) is 15.9 Å². The van der Waals surface area contributed by atoms with E-state index in [2.05, 4.69) is 5.32 Å². The van der Waals surface area contributed by atoms with Crippen LogP contribution in [0.25, 0.3) is 0 Å². The molecule has 102 valence electrons. The Balaban J connectivity index is 2.40. The lowest BCUT2D eigenvalue weighted by atomic mass is 10.0. The summed E-state index contributed by atoms with van der Waals surface area (Å²) in [5.41, 5.74) is 0.986. The number of ether oxygens (including phenoxy) is 1. The van der Waals surface area contributed by atoms with Gasteiger partial charge < -0.3 is 9.84 Å². The Bertz CT molecular complexity index is 652. The van der Waals surface area contributed by atoms with Crippen LogP contribution in [-0.2, 0) is 0 Å². The number of amides is 1. The Hall–Kier alpha value is -2.82. The molecule has 20 heavy (non-hydrogen) atoms. The van der Waals surface area contributed by atoms with E-state index in [4.69, 9.17) is 9.84 Å². The summed E-state index contributed by atoms with van der Waals surface area (Å²) in [7, 11) is 1.52. The molecule has 5 nitrogen and oxygen atoms in total. The summed E-state index contributed by atoms with van der Waals surface area (Å²) in [6.07, 6.45) is -1.21. The molecule has 2 aromatic carbocycles. The lowest BCUT2D eigenvalue weighted by Gasteiger charge is -2.09. The summed E-state index contributed by atoms with van der Waals surface area (Å²) < 4.78 is 5.07. The molecule has 2 N–H and O–H groups in total. The number of carbonyl (C=O) groups excluding carboxylic acids is 1. The number of hydrogen-bond acceptors (Lipinski definition) is 3. The van der Waals surface area contributed by atoms with Crippen molar-refractivity contribution < 1.29 is 19.4 Å². The fraction of sp³-hybridized carbons (Fsp3) is 0.0667. The average molecular weight is 271 g/mol. The van der Waals surface area contributed by atoms with Crippen LogP contribution in [-0.4, -0.2) is 24.1 Å². The highest BCUT2D eigenvalue weighted by Crippen LogP contribution is 2.21. The first-order chi connectivity index (χ1) is 9.61. The lowest BCUT2D eigenvalue weighted by Crippen LogP contribution is -2.12. The van der Waals surface area contributed by atoms with Gasteiger partial charge in [-0.25, -0.2) is 4.79 Å². The van der Waals surface area contributed by atoms with E-state index in [9.17, 15) is 9.59 Å². The summed E-state index contributed by atoms with van der Waals surface area (Å²) >= 11 is 0. The molecule has 0 heterocycles. The van der Waals surface area contributed by atoms with E-state index in [-0.39, 0.29) is 11.5 Å². The van der Waals surface area contributed by atoms with Gasteiger partial charge in [0.15, 0.2) is 5.78 Å². The van der Waals surface area contributed by atoms with Crippen molar-refractivity contribution in [2.45, 2.75) is 0 Å². The fourth-order valence-corrected chi connectivity index (χ4v) is 1.83. The van der Waals surface area contributed by atoms with Crippen LogP contribution in [0.15, 0.2) is 48.5 Å². The maximum absolute atomic E-state index is 12.4. The van der Waals surface area contributed by atoms with Gasteiger partial charge in [0.25, 0.3) is 0 Å². The van der Waals surface area contributed by atoms with Crippen molar-refractivity contribution in [3.63, 3.8) is 0 Å². The number of hydrogen-bond donors (Lipinski definition) is 2. The van der Waals surface area contributed by atoms with Gasteiger partial charge >= 0.3 is 6.09 Å². The topological polar surface area (TPSA) is 75.6 Å². The Morgan fingerprint density at radius 1 is 1.10 bits per heavy atom. The maximum atomic E-state index is 12.4. The molecule has 5 heteroatoms. The molecule has 0 atom stereocenters. The molecule has 0 aliphatic heterocycles. The van der Waals surface area contributed by atoms with Crippen LogP contribution < -0.4 is 10.1 Å². The van der Waals surface area contributed by atoms with E-state index in [0.29, 0.717) is 16.9 Å². The van der Waals surface area contributed by atoms with Crippen molar-refractivity contribution in [2.24, 2.45) is 0 Å². The number of para-hydroxylation sites is 1. The van der Waals surface area contributed by atoms with Gasteiger partial charge in [-0.3, -0.25) is 10.1 Å². The summed E-state index contributed by atoms with van der Waals surface area (Å²) in [5.74, 6) is 0.299. The predicted molar refractivity (Wildman–Crippen MR) is 74.5 cm³/mol. The molecule has 2 aromatic rings. The Kier molecular flexibility index (Phi) is 4.00. The molecule has 1 amide bonds. The molecule has 0 unspecified atom stereocenters. The fourth-order valence-electron chi connectivity index (χ4n) is 1.83. The molecule has 0 spiro atoms. The van der Waals surface area contributed by atoms with Crippen molar-refractivity contribution in [3.05, 3.63) is 59.7 Å². The van der Waals surface area contributed by atoms with E-state index < -0.39 is 6.09 Å². The summed E-state index contributed by atoms with van der Waals surface area (Å²) in [6.45, 7) is 0. The van der Waals surface area contributed by atoms with Crippen LogP contribution >= 0.6 is 0 Å². The van der Waals surface area contributed by atoms with Crippen LogP contribution in [0, 0.1) is 0 Å². The first-order valence-corrected chi connectivity index (χ1v) is 5.89. The second-order valence-corrected chi connectivity index (χ2v) is 4.04. The van der Waals surface area contributed by atoms with Crippen molar-refractivity contribution in [2.75, 3.05) is 12.4 Å². The smallest absolute Gasteiger partial charge is 0.409 e. The molecule has 0 radical (unpaired) electrons. The summed E-state index contributed by atoms with van der Waals surface area (Å²) in [5, 5.41) is 11.0. The number of rotatable bonds is 4. The Labute approximate surface area is 115 Å². The molecule has 0 bridgehead atoms. The van der Waals surface area contributed by atoms with Crippen LogP contribution in [0.2, 0.25) is 0 Å². The number of anilines is 1. The zero-order chi connectivity index (χ0) is 14.5. The van der Waals surface area contributed by atoms with Gasteiger partial charge in [0.1, 0.15) is 5.75 Å². The molecular formula is C15H13NO4. The molecular weight excluding hydrogens is 258 g/mol. The lowest BCUT2D eigenvalue weighted by molar-refractivity contribution is 0.103. The molecule has 0 saturated carbocycles. The Morgan fingerprint density at radius 3 is 2.55 bits per heavy atom. The number of carboxylic acid groups (broad SMARTS) is 1. The average Bonchev–Trinajstić information content (AvgIpc) is 2.46. The third-order valence-corrected chi connectivity index (χ3v) is 2.75. The van der Waals surface area contributed by atoms with Gasteiger partial charge in [-0.2, -0.15) is 0 Å². The quantitative estimate of drug-likeness (QED) is 0.838. The third-order valence-electron chi connectivity index (χ3n) is 2.75. The molecule has 2 rings (SSSR count). The van der Waals surface area contributed by atoms with Gasteiger partial charge in [-0.15, -0.1) is 0 Å². The highest BCUT2D eigenvalue weighted by molar-refractivity contribution is 6.13. The first-order valence-electron chi connectivity index (χ1n) is 5.89. The van der Waals surface area contributed by atoms with Crippen LogP contribution in [0.3, 0.4) is 0 Å². The normalized spacial score (nSPS) is 9.85. The van der Waals surface area contributed by atoms with Gasteiger partial charge in [0.05, 0.1) is 12.8 Å². The number of carbonyl (C=O) groups is 2. The van der Waals surface area contributed by atoms with Gasteiger partial charge in [0, 0.05) is 11.1 Å². The number of ketones is 1. The predicted octanol–water partition coefficient (Wildman–Crippen LogP) is 3.02. The van der Waals surface area contributed by atoms with Crippen molar-refractivity contribution in [1.29, 1.82) is 0 Å². The van der Waals surface area contributed by atoms with Gasteiger partial charge in [-0.05, 0) is 24.3 Å². The molecule has 0 aromatic heterocycles. The molecule has 0 saturated heterocycles. The van der Waals surface area contributed by atoms with Gasteiger partial charge in [0.2, 0.25) is 0 Å². The highest BCUT2D eigenvalue weighted by Gasteiger charge is 2.15. The third kappa shape index (κ3) is 2.95. The zero-order valence-corrected chi connectivity index (χ0v) is 10.8. The van der Waals surface area contributed by atoms with E-state index in [0.717, 1.165) is 0 Å². The minimum atomic E-state index is -1.21. The SMILES string of the molecule is COc1cccc(C(=O)c2ccccc2NC(=O)O)c1. The van der Waals surface area contributed by atoms with E-state index in [1.807, 2.05) is 0 Å². The van der Waals surface area contributed by atoms with Crippen LogP contribution in [0.5, 0.6) is 5.75 Å². The summed E-state index contributed by atoms with van der Waals surface area (Å²) in [4.78, 5) is 23.2. The Morgan fingerprint density at radius 2 is 1.85 bits per heavy atom. The maximum Gasteiger partial charge on any atom is 0.409 e. The standard InChI is InChI=1S/C15H13NO4/c1-20-11-6-4-5-10(9-11)14(17)12-7-2-3-8-13(12)16-15(18)19/h2-9,16H,1H3,(H,18,19). The zero-order valence-electron chi connectivity index (χ0n) is 10.8. The molecule has 0 aliphatic rings. The van der Waals surface area contributed by atoms with Crippen molar-refractivity contribution in [3.8, 4) is 5.75 Å². The highest BCUT2D eigenvalue weighted by atomic mass is 16.5. The van der Waals surface area contributed by atoms with Crippen LogP contribution in [0.4, 0.5) is 10.5 Å². The van der Waals surface area contributed by atoms with E-state index in [1.165, 1.54) is 7.11 Å². The minimum Gasteiger partial charge on any atom is -0.497 e. The van der Waals surface area contributed by atoms with Gasteiger partial charge in [-0.1, -0.05) is 24.3 Å². The molecule has 0 aliphatic carbocycles. The van der Waals surface area contributed by atoms with E-state index in [1.54, 1.807) is 48.5 Å². The first kappa shape index (κ1) is 13.6. The second kappa shape index (κ2) is 5.88. The second-order valence-electron chi connectivity index (χ2n) is 4.04. The summed E-state index contributed by atoms with van der Waals surface area (Å²) in [6, 6.07) is 13.2. The molecule has 0 fully saturated rings. The largest absolute Gasteiger partial charge is 0.497 e. The monoisotopic (exact) mass is 271 g/mol. The number of benzene rings is 2. The van der Waals surface area contributed by atoms with Crippen molar-refractivity contribution >= 4 is 17.6 Å².